The topological polar surface area (TPSA) is 71.4 Å². The summed E-state index contributed by atoms with van der Waals surface area (Å²) in [6.07, 6.45) is -11.9. The van der Waals surface area contributed by atoms with E-state index in [1.165, 1.54) is 0 Å². The maximum Gasteiger partial charge on any atom is 1.00 e. The Morgan fingerprint density at radius 3 is 1.17 bits per heavy atom. The van der Waals surface area contributed by atoms with Crippen LogP contribution in [-0.2, 0) is 0 Å². The van der Waals surface area contributed by atoms with E-state index < -0.39 is 24.1 Å². The maximum atomic E-state index is 12.9. The fourth-order valence-corrected chi connectivity index (χ4v) is 0.791. The van der Waals surface area contributed by atoms with Crippen molar-refractivity contribution in [2.75, 3.05) is 0 Å². The van der Waals surface area contributed by atoms with Gasteiger partial charge in [0.15, 0.2) is 0 Å². The molecular formula is C6BCsF7N3. The van der Waals surface area contributed by atoms with Gasteiger partial charge < -0.3 is 0 Å². The first-order valence-corrected chi connectivity index (χ1v) is 3.65. The zero-order valence-electron chi connectivity index (χ0n) is 8.56. The molecule has 0 radical (unpaired) electrons. The minimum atomic E-state index is -6.69. The average Bonchev–Trinajstić information content (AvgIpc) is 2.19. The number of alkyl halides is 7. The van der Waals surface area contributed by atoms with Crippen molar-refractivity contribution in [3.63, 3.8) is 0 Å². The van der Waals surface area contributed by atoms with Crippen molar-refractivity contribution in [3.8, 4) is 17.9 Å². The molecule has 0 heterocycles. The summed E-state index contributed by atoms with van der Waals surface area (Å²) in [6, 6.07) is 0. The monoisotopic (exact) mass is 391 g/mol. The van der Waals surface area contributed by atoms with Crippen molar-refractivity contribution in [2.24, 2.45) is 0 Å². The molecule has 92 valence electrons. The third kappa shape index (κ3) is 2.82. The molecule has 0 fully saturated rings. The van der Waals surface area contributed by atoms with Crippen LogP contribution < -0.4 is 68.9 Å². The van der Waals surface area contributed by atoms with E-state index in [2.05, 4.69) is 0 Å². The molecule has 0 saturated heterocycles. The second-order valence-corrected chi connectivity index (χ2v) is 2.95. The molecule has 0 amide bonds. The van der Waals surface area contributed by atoms with Crippen molar-refractivity contribution >= 4 is 6.15 Å². The third-order valence-corrected chi connectivity index (χ3v) is 1.90. The van der Waals surface area contributed by atoms with Crippen molar-refractivity contribution in [1.82, 2.24) is 0 Å². The van der Waals surface area contributed by atoms with Gasteiger partial charge in [0.05, 0.1) is 0 Å². The molecule has 0 aromatic rings. The fraction of sp³-hybridized carbons (Fsp3) is 0.500. The Labute approximate surface area is 155 Å². The molecule has 0 aromatic carbocycles. The quantitative estimate of drug-likeness (QED) is 0.448. The molecule has 0 spiro atoms. The molecule has 3 nitrogen and oxygen atoms in total. The molecule has 0 aliphatic carbocycles. The molecule has 0 N–H and O–H groups in total. The Hall–Kier alpha value is 0.0969. The summed E-state index contributed by atoms with van der Waals surface area (Å²) in [5, 5.41) is 24.3. The second-order valence-electron chi connectivity index (χ2n) is 2.95. The zero-order valence-corrected chi connectivity index (χ0v) is 14.8. The van der Waals surface area contributed by atoms with Crippen LogP contribution in [0.15, 0.2) is 0 Å². The summed E-state index contributed by atoms with van der Waals surface area (Å²) in [5.41, 5.74) is 0. The van der Waals surface area contributed by atoms with Gasteiger partial charge in [-0.2, -0.15) is 22.0 Å². The largest absolute Gasteiger partial charge is 1.00 e. The second kappa shape index (κ2) is 6.03. The Bertz CT molecular complexity index is 404. The first kappa shape index (κ1) is 20.4. The normalized spacial score (nSPS) is 12.7. The predicted octanol–water partition coefficient (Wildman–Crippen LogP) is -1.00. The van der Waals surface area contributed by atoms with Crippen molar-refractivity contribution in [3.05, 3.63) is 0 Å². The van der Waals surface area contributed by atoms with Crippen molar-refractivity contribution in [1.29, 1.82) is 15.8 Å². The van der Waals surface area contributed by atoms with E-state index in [4.69, 9.17) is 15.8 Å². The molecular weight excluding hydrogens is 391 g/mol. The van der Waals surface area contributed by atoms with Crippen LogP contribution in [0, 0.1) is 33.7 Å². The van der Waals surface area contributed by atoms with E-state index in [1.54, 1.807) is 0 Å². The van der Waals surface area contributed by atoms with Gasteiger partial charge in [-0.15, -0.1) is 17.9 Å². The maximum absolute atomic E-state index is 12.9. The smallest absolute Gasteiger partial charge is 0.247 e. The standard InChI is InChI=1S/C6BF7N3.Cs/c8-4(9,6(12,13)14)5(10,11)7(1-15,2-16)3-17;/q-1;+1. The summed E-state index contributed by atoms with van der Waals surface area (Å²) < 4.78 is 85.9. The molecule has 0 aromatic heterocycles. The minimum absolute atomic E-state index is 0. The van der Waals surface area contributed by atoms with Gasteiger partial charge in [0, 0.05) is 0 Å². The molecule has 18 heavy (non-hydrogen) atoms. The summed E-state index contributed by atoms with van der Waals surface area (Å²) >= 11 is 0. The van der Waals surface area contributed by atoms with Crippen LogP contribution in [-0.4, -0.2) is 24.1 Å². The molecule has 0 aliphatic heterocycles. The zero-order chi connectivity index (χ0) is 14.1. The third-order valence-electron chi connectivity index (χ3n) is 1.90. The molecule has 0 saturated carbocycles. The Balaban J connectivity index is 0. The van der Waals surface area contributed by atoms with E-state index in [0.29, 0.717) is 0 Å². The summed E-state index contributed by atoms with van der Waals surface area (Å²) in [6.45, 7) is 0. The summed E-state index contributed by atoms with van der Waals surface area (Å²) in [5.74, 6) is -12.1. The average molecular weight is 391 g/mol. The number of hydrogen-bond acceptors (Lipinski definition) is 3. The number of rotatable bonds is 2. The van der Waals surface area contributed by atoms with Gasteiger partial charge in [-0.3, -0.25) is 0 Å². The fourth-order valence-electron chi connectivity index (χ4n) is 0.791. The van der Waals surface area contributed by atoms with E-state index in [0.717, 1.165) is 0 Å². The molecule has 0 aliphatic rings. The molecule has 0 rings (SSSR count). The van der Waals surface area contributed by atoms with Gasteiger partial charge >= 0.3 is 87.1 Å². The SMILES string of the molecule is N#C[B-](C#N)(C#N)C(F)(F)C(F)(F)C(F)(F)F.[Cs+]. The molecule has 0 unspecified atom stereocenters. The Morgan fingerprint density at radius 2 is 1.00 bits per heavy atom. The number of nitrogens with zero attached hydrogens (tertiary/aromatic N) is 3. The van der Waals surface area contributed by atoms with E-state index in [9.17, 15) is 30.7 Å². The van der Waals surface area contributed by atoms with Crippen LogP contribution >= 0.6 is 0 Å². The van der Waals surface area contributed by atoms with Gasteiger partial charge in [0.25, 0.3) is 0 Å². The van der Waals surface area contributed by atoms with Crippen molar-refractivity contribution in [2.45, 2.75) is 17.9 Å². The number of halogens is 7. The predicted molar refractivity (Wildman–Crippen MR) is 38.5 cm³/mol. The van der Waals surface area contributed by atoms with Crippen LogP contribution in [0.2, 0.25) is 0 Å². The van der Waals surface area contributed by atoms with Crippen LogP contribution in [0.1, 0.15) is 0 Å². The van der Waals surface area contributed by atoms with Crippen LogP contribution in [0.4, 0.5) is 30.7 Å². The molecule has 12 heteroatoms. The van der Waals surface area contributed by atoms with E-state index >= 15 is 0 Å². The van der Waals surface area contributed by atoms with E-state index in [1.807, 2.05) is 0 Å². The minimum Gasteiger partial charge on any atom is -0.247 e. The van der Waals surface area contributed by atoms with Gasteiger partial charge in [-0.25, -0.2) is 24.6 Å². The Kier molecular flexibility index (Phi) is 6.84. The van der Waals surface area contributed by atoms with Crippen LogP contribution in [0.3, 0.4) is 0 Å². The summed E-state index contributed by atoms with van der Waals surface area (Å²) in [4.78, 5) is 0. The summed E-state index contributed by atoms with van der Waals surface area (Å²) in [7, 11) is 0. The van der Waals surface area contributed by atoms with Crippen LogP contribution in [0.25, 0.3) is 0 Å². The van der Waals surface area contributed by atoms with Crippen molar-refractivity contribution < 1.29 is 99.6 Å². The van der Waals surface area contributed by atoms with Gasteiger partial charge in [-0.05, 0) is 0 Å². The number of nitriles is 3. The van der Waals surface area contributed by atoms with E-state index in [-0.39, 0.29) is 86.8 Å². The van der Waals surface area contributed by atoms with Gasteiger partial charge in [0.2, 0.25) is 5.82 Å². The van der Waals surface area contributed by atoms with Gasteiger partial charge in [-0.1, -0.05) is 0 Å². The van der Waals surface area contributed by atoms with Gasteiger partial charge in [0.1, 0.15) is 0 Å². The first-order valence-electron chi connectivity index (χ1n) is 3.65. The van der Waals surface area contributed by atoms with Crippen LogP contribution in [0.5, 0.6) is 0 Å². The first-order chi connectivity index (χ1) is 7.43. The molecule has 0 atom stereocenters. The molecule has 0 bridgehead atoms. The number of hydrogen-bond donors (Lipinski definition) is 0. The Morgan fingerprint density at radius 1 is 0.722 bits per heavy atom.